The normalized spacial score (nSPS) is 40.8. The summed E-state index contributed by atoms with van der Waals surface area (Å²) in [5.74, 6) is 1.67. The minimum absolute atomic E-state index is 0. The van der Waals surface area contributed by atoms with Gasteiger partial charge in [-0.25, -0.2) is 0 Å². The van der Waals surface area contributed by atoms with E-state index >= 15 is 0 Å². The maximum atomic E-state index is 5.48. The quantitative estimate of drug-likeness (QED) is 0.483. The van der Waals surface area contributed by atoms with Crippen molar-refractivity contribution >= 4 is 0 Å². The molecule has 0 aromatic carbocycles. The first-order valence-corrected chi connectivity index (χ1v) is 10.7. The average molecular weight is 369 g/mol. The molecule has 0 N–H and O–H groups in total. The lowest BCUT2D eigenvalue weighted by Crippen LogP contribution is -2.40. The predicted octanol–water partition coefficient (Wildman–Crippen LogP) is 1.24. The molecule has 0 radical (unpaired) electrons. The molecule has 6 heteroatoms. The zero-order chi connectivity index (χ0) is 17.3. The van der Waals surface area contributed by atoms with Gasteiger partial charge in [-0.05, 0) is 31.1 Å². The van der Waals surface area contributed by atoms with Crippen LogP contribution in [0.5, 0.6) is 0 Å². The van der Waals surface area contributed by atoms with Crippen molar-refractivity contribution in [2.45, 2.75) is 50.1 Å². The fourth-order valence-corrected chi connectivity index (χ4v) is 4.76. The average Bonchev–Trinajstić information content (AvgIpc) is 3.40. The van der Waals surface area contributed by atoms with E-state index in [2.05, 4.69) is 9.80 Å². The van der Waals surface area contributed by atoms with Gasteiger partial charge < -0.3 is 18.9 Å². The van der Waals surface area contributed by atoms with Crippen LogP contribution in [0, 0.1) is 11.8 Å². The molecule has 4 saturated heterocycles. The van der Waals surface area contributed by atoms with Crippen molar-refractivity contribution in [3.63, 3.8) is 0 Å². The monoisotopic (exact) mass is 368 g/mol. The minimum atomic E-state index is 0. The van der Waals surface area contributed by atoms with Crippen molar-refractivity contribution in [3.05, 3.63) is 0 Å². The third kappa shape index (κ3) is 5.88. The van der Waals surface area contributed by atoms with Gasteiger partial charge in [0.2, 0.25) is 0 Å². The van der Waals surface area contributed by atoms with Gasteiger partial charge in [-0.3, -0.25) is 9.80 Å². The van der Waals surface area contributed by atoms with E-state index in [4.69, 9.17) is 18.9 Å². The SMILES string of the molecule is C1CC(CN(CC2CO2)CC2CO2)CC(CN(CC2CO2)CC2CO2)C1.[HH]. The lowest BCUT2D eigenvalue weighted by Gasteiger charge is -2.35. The molecule has 1 aliphatic carbocycles. The van der Waals surface area contributed by atoms with Crippen molar-refractivity contribution in [2.75, 3.05) is 65.7 Å². The van der Waals surface area contributed by atoms with E-state index in [-0.39, 0.29) is 1.43 Å². The lowest BCUT2D eigenvalue weighted by atomic mass is 9.80. The van der Waals surface area contributed by atoms with Gasteiger partial charge in [0.05, 0.1) is 50.8 Å². The molecule has 0 aromatic rings. The molecular formula is C20H36N2O4. The molecule has 26 heavy (non-hydrogen) atoms. The van der Waals surface area contributed by atoms with E-state index < -0.39 is 0 Å². The van der Waals surface area contributed by atoms with E-state index in [0.29, 0.717) is 24.4 Å². The Hall–Kier alpha value is -0.240. The summed E-state index contributed by atoms with van der Waals surface area (Å²) >= 11 is 0. The molecule has 6 atom stereocenters. The van der Waals surface area contributed by atoms with Crippen LogP contribution in [0.1, 0.15) is 27.1 Å². The first kappa shape index (κ1) is 17.8. The van der Waals surface area contributed by atoms with Crippen molar-refractivity contribution in [1.82, 2.24) is 9.80 Å². The third-order valence-electron chi connectivity index (χ3n) is 6.38. The summed E-state index contributed by atoms with van der Waals surface area (Å²) in [6.45, 7) is 10.7. The third-order valence-corrected chi connectivity index (χ3v) is 6.38. The molecule has 5 rings (SSSR count). The number of nitrogens with zero attached hydrogens (tertiary/aromatic N) is 2. The van der Waals surface area contributed by atoms with Crippen molar-refractivity contribution < 1.29 is 20.4 Å². The standard InChI is InChI=1S/C20H34N2O4.H2/c1-2-15(5-21(7-17-11-23-17)8-18-12-24-18)4-16(3-1)6-22(9-19-13-25-19)10-20-14-26-20;/h15-20H,1-14H2;1H. The Kier molecular flexibility index (Phi) is 5.50. The second-order valence-corrected chi connectivity index (χ2v) is 9.16. The van der Waals surface area contributed by atoms with Gasteiger partial charge in [-0.15, -0.1) is 0 Å². The molecule has 4 heterocycles. The Balaban J connectivity index is 0.00000180. The highest BCUT2D eigenvalue weighted by molar-refractivity contribution is 4.86. The van der Waals surface area contributed by atoms with Crippen LogP contribution >= 0.6 is 0 Å². The van der Waals surface area contributed by atoms with Gasteiger partial charge in [0, 0.05) is 40.7 Å². The maximum absolute atomic E-state index is 5.48. The second-order valence-electron chi connectivity index (χ2n) is 9.16. The number of epoxide rings is 4. The van der Waals surface area contributed by atoms with E-state index in [9.17, 15) is 0 Å². The highest BCUT2D eigenvalue weighted by Crippen LogP contribution is 2.32. The van der Waals surface area contributed by atoms with E-state index in [1.165, 1.54) is 38.8 Å². The molecule has 5 fully saturated rings. The van der Waals surface area contributed by atoms with Gasteiger partial charge in [0.25, 0.3) is 0 Å². The zero-order valence-corrected chi connectivity index (χ0v) is 15.9. The van der Waals surface area contributed by atoms with Crippen LogP contribution < -0.4 is 0 Å². The molecule has 0 aromatic heterocycles. The molecule has 0 spiro atoms. The van der Waals surface area contributed by atoms with Crippen molar-refractivity contribution in [2.24, 2.45) is 11.8 Å². The van der Waals surface area contributed by atoms with Crippen LogP contribution in [0.2, 0.25) is 0 Å². The van der Waals surface area contributed by atoms with E-state index in [1.807, 2.05) is 0 Å². The highest BCUT2D eigenvalue weighted by Gasteiger charge is 2.35. The Morgan fingerprint density at radius 2 is 0.923 bits per heavy atom. The van der Waals surface area contributed by atoms with Gasteiger partial charge in [0.15, 0.2) is 0 Å². The van der Waals surface area contributed by atoms with Gasteiger partial charge >= 0.3 is 0 Å². The lowest BCUT2D eigenvalue weighted by molar-refractivity contribution is 0.125. The van der Waals surface area contributed by atoms with Crippen LogP contribution in [0.25, 0.3) is 0 Å². The summed E-state index contributed by atoms with van der Waals surface area (Å²) in [5.41, 5.74) is 0. The molecule has 0 bridgehead atoms. The molecule has 6 nitrogen and oxygen atoms in total. The number of ether oxygens (including phenoxy) is 4. The van der Waals surface area contributed by atoms with Gasteiger partial charge in [-0.2, -0.15) is 0 Å². The predicted molar refractivity (Wildman–Crippen MR) is 99.4 cm³/mol. The molecule has 6 unspecified atom stereocenters. The first-order valence-electron chi connectivity index (χ1n) is 10.7. The van der Waals surface area contributed by atoms with Crippen LogP contribution in [0.4, 0.5) is 0 Å². The summed E-state index contributed by atoms with van der Waals surface area (Å²) < 4.78 is 21.9. The smallest absolute Gasteiger partial charge is 0.0936 e. The molecule has 4 aliphatic heterocycles. The Morgan fingerprint density at radius 3 is 1.23 bits per heavy atom. The molecular weight excluding hydrogens is 332 g/mol. The summed E-state index contributed by atoms with van der Waals surface area (Å²) in [6.07, 6.45) is 7.49. The largest absolute Gasteiger partial charge is 0.372 e. The first-order chi connectivity index (χ1) is 12.8. The van der Waals surface area contributed by atoms with E-state index in [0.717, 1.165) is 64.4 Å². The summed E-state index contributed by atoms with van der Waals surface area (Å²) in [5, 5.41) is 0. The highest BCUT2D eigenvalue weighted by atomic mass is 16.6. The number of hydrogen-bond acceptors (Lipinski definition) is 6. The van der Waals surface area contributed by atoms with Crippen LogP contribution in [0.3, 0.4) is 0 Å². The van der Waals surface area contributed by atoms with Crippen LogP contribution in [-0.4, -0.2) is 99.9 Å². The molecule has 150 valence electrons. The molecule has 5 aliphatic rings. The zero-order valence-electron chi connectivity index (χ0n) is 15.9. The summed E-state index contributed by atoms with van der Waals surface area (Å²) in [4.78, 5) is 5.24. The van der Waals surface area contributed by atoms with Gasteiger partial charge in [0.1, 0.15) is 0 Å². The Bertz CT molecular complexity index is 401. The Morgan fingerprint density at radius 1 is 0.577 bits per heavy atom. The molecule has 0 amide bonds. The van der Waals surface area contributed by atoms with E-state index in [1.54, 1.807) is 0 Å². The second kappa shape index (κ2) is 8.02. The van der Waals surface area contributed by atoms with Gasteiger partial charge in [-0.1, -0.05) is 6.42 Å². The van der Waals surface area contributed by atoms with Crippen LogP contribution in [0.15, 0.2) is 0 Å². The topological polar surface area (TPSA) is 56.6 Å². The number of rotatable bonds is 12. The van der Waals surface area contributed by atoms with Crippen LogP contribution in [-0.2, 0) is 18.9 Å². The minimum Gasteiger partial charge on any atom is -0.372 e. The summed E-state index contributed by atoms with van der Waals surface area (Å²) in [7, 11) is 0. The fourth-order valence-electron chi connectivity index (χ4n) is 4.76. The van der Waals surface area contributed by atoms with Crippen molar-refractivity contribution in [1.29, 1.82) is 0 Å². The Labute approximate surface area is 158 Å². The molecule has 1 saturated carbocycles. The fraction of sp³-hybridized carbons (Fsp3) is 1.00. The maximum Gasteiger partial charge on any atom is 0.0936 e. The summed E-state index contributed by atoms with van der Waals surface area (Å²) in [6, 6.07) is 0. The van der Waals surface area contributed by atoms with Crippen molar-refractivity contribution in [3.8, 4) is 0 Å². The number of hydrogen-bond donors (Lipinski definition) is 0.